The molecule has 1 N–H and O–H groups in total. The standard InChI is InChI=1S/C27H23F3N4O2S/c1-16-33-23(24(37-16)18-6-2-8-19(28)13-18)26(36)34-15-27(29,30)11-10-20(34)14-32-25(35)21-9-3-5-17-7-4-12-31-22(17)21/h2-9,12-13,20H,10-11,14-15H2,1H3,(H,32,35). The summed E-state index contributed by atoms with van der Waals surface area (Å²) in [4.78, 5) is 36.7. The van der Waals surface area contributed by atoms with Crippen LogP contribution in [-0.4, -0.2) is 51.7 Å². The maximum atomic E-state index is 14.5. The van der Waals surface area contributed by atoms with Crippen molar-refractivity contribution >= 4 is 34.1 Å². The number of amides is 2. The van der Waals surface area contributed by atoms with Gasteiger partial charge in [0.05, 0.1) is 27.5 Å². The van der Waals surface area contributed by atoms with E-state index >= 15 is 0 Å². The molecular weight excluding hydrogens is 501 g/mol. The molecule has 1 fully saturated rings. The topological polar surface area (TPSA) is 75.2 Å². The zero-order valence-electron chi connectivity index (χ0n) is 19.9. The zero-order chi connectivity index (χ0) is 26.2. The van der Waals surface area contributed by atoms with Crippen molar-refractivity contribution in [3.63, 3.8) is 0 Å². The fourth-order valence-corrected chi connectivity index (χ4v) is 5.47. The van der Waals surface area contributed by atoms with E-state index in [4.69, 9.17) is 0 Å². The Kier molecular flexibility index (Phi) is 6.68. The molecule has 2 aromatic carbocycles. The third kappa shape index (κ3) is 5.20. The molecule has 5 rings (SSSR count). The van der Waals surface area contributed by atoms with Gasteiger partial charge in [-0.05, 0) is 43.2 Å². The third-order valence-electron chi connectivity index (χ3n) is 6.35. The van der Waals surface area contributed by atoms with Crippen LogP contribution in [0.4, 0.5) is 13.2 Å². The van der Waals surface area contributed by atoms with Crippen LogP contribution in [0.15, 0.2) is 60.8 Å². The number of rotatable bonds is 5. The number of hydrogen-bond donors (Lipinski definition) is 1. The summed E-state index contributed by atoms with van der Waals surface area (Å²) in [6.45, 7) is 0.897. The molecule has 10 heteroatoms. The monoisotopic (exact) mass is 524 g/mol. The van der Waals surface area contributed by atoms with Crippen LogP contribution in [0.1, 0.15) is 38.7 Å². The minimum Gasteiger partial charge on any atom is -0.350 e. The van der Waals surface area contributed by atoms with Crippen LogP contribution < -0.4 is 5.32 Å². The molecule has 2 amide bonds. The number of halogens is 3. The Morgan fingerprint density at radius 3 is 2.76 bits per heavy atom. The molecule has 6 nitrogen and oxygen atoms in total. The van der Waals surface area contributed by atoms with Gasteiger partial charge in [-0.15, -0.1) is 11.3 Å². The molecule has 0 radical (unpaired) electrons. The highest BCUT2D eigenvalue weighted by molar-refractivity contribution is 7.15. The number of piperidine rings is 1. The number of pyridine rings is 1. The largest absolute Gasteiger partial charge is 0.350 e. The van der Waals surface area contributed by atoms with E-state index in [9.17, 15) is 22.8 Å². The smallest absolute Gasteiger partial charge is 0.274 e. The first kappa shape index (κ1) is 24.9. The number of aryl methyl sites for hydroxylation is 1. The predicted octanol–water partition coefficient (Wildman–Crippen LogP) is 5.48. The molecule has 1 atom stereocenters. The number of hydrogen-bond acceptors (Lipinski definition) is 5. The molecule has 0 aliphatic carbocycles. The highest BCUT2D eigenvalue weighted by Gasteiger charge is 2.43. The third-order valence-corrected chi connectivity index (χ3v) is 7.37. The molecular formula is C27H23F3N4O2S. The minimum absolute atomic E-state index is 0.000352. The second-order valence-corrected chi connectivity index (χ2v) is 10.2. The van der Waals surface area contributed by atoms with Gasteiger partial charge in [0.1, 0.15) is 11.5 Å². The van der Waals surface area contributed by atoms with Gasteiger partial charge in [0.15, 0.2) is 0 Å². The molecule has 3 heterocycles. The Labute approximate surface area is 215 Å². The van der Waals surface area contributed by atoms with Gasteiger partial charge in [0, 0.05) is 30.6 Å². The van der Waals surface area contributed by atoms with Crippen LogP contribution in [0.25, 0.3) is 21.3 Å². The van der Waals surface area contributed by atoms with Crippen molar-refractivity contribution in [1.82, 2.24) is 20.2 Å². The number of thiazole rings is 1. The molecule has 4 aromatic rings. The lowest BCUT2D eigenvalue weighted by atomic mass is 9.98. The van der Waals surface area contributed by atoms with E-state index in [2.05, 4.69) is 15.3 Å². The molecule has 190 valence electrons. The number of aromatic nitrogens is 2. The van der Waals surface area contributed by atoms with Crippen LogP contribution in [0.3, 0.4) is 0 Å². The van der Waals surface area contributed by atoms with Gasteiger partial charge < -0.3 is 10.2 Å². The van der Waals surface area contributed by atoms with Gasteiger partial charge in [-0.2, -0.15) is 0 Å². The van der Waals surface area contributed by atoms with Crippen molar-refractivity contribution in [3.8, 4) is 10.4 Å². The normalized spacial score (nSPS) is 17.1. The molecule has 0 saturated carbocycles. The quantitative estimate of drug-likeness (QED) is 0.376. The first-order chi connectivity index (χ1) is 17.7. The Hall–Kier alpha value is -3.79. The van der Waals surface area contributed by atoms with Crippen LogP contribution in [0.5, 0.6) is 0 Å². The highest BCUT2D eigenvalue weighted by atomic mass is 32.1. The molecule has 1 unspecified atom stereocenters. The van der Waals surface area contributed by atoms with Gasteiger partial charge in [-0.1, -0.05) is 30.3 Å². The molecule has 0 spiro atoms. The fourth-order valence-electron chi connectivity index (χ4n) is 4.57. The van der Waals surface area contributed by atoms with E-state index in [1.165, 1.54) is 29.5 Å². The average Bonchev–Trinajstić information content (AvgIpc) is 3.28. The fraction of sp³-hybridized carbons (Fsp3) is 0.259. The number of carbonyl (C=O) groups excluding carboxylic acids is 2. The van der Waals surface area contributed by atoms with E-state index < -0.39 is 42.6 Å². The number of para-hydroxylation sites is 1. The Morgan fingerprint density at radius 1 is 1.16 bits per heavy atom. The lowest BCUT2D eigenvalue weighted by molar-refractivity contribution is -0.0714. The van der Waals surface area contributed by atoms with E-state index in [-0.39, 0.29) is 18.7 Å². The number of fused-ring (bicyclic) bond motifs is 1. The highest BCUT2D eigenvalue weighted by Crippen LogP contribution is 2.35. The first-order valence-corrected chi connectivity index (χ1v) is 12.6. The minimum atomic E-state index is -3.07. The van der Waals surface area contributed by atoms with Gasteiger partial charge in [-0.3, -0.25) is 14.6 Å². The van der Waals surface area contributed by atoms with Crippen LogP contribution in [-0.2, 0) is 0 Å². The summed E-state index contributed by atoms with van der Waals surface area (Å²) in [6.07, 6.45) is 1.19. The number of nitrogens with one attached hydrogen (secondary N) is 1. The van der Waals surface area contributed by atoms with Crippen LogP contribution in [0, 0.1) is 12.7 Å². The van der Waals surface area contributed by atoms with Crippen LogP contribution in [0.2, 0.25) is 0 Å². The molecule has 37 heavy (non-hydrogen) atoms. The Bertz CT molecular complexity index is 1480. The summed E-state index contributed by atoms with van der Waals surface area (Å²) in [6, 6.07) is 13.9. The Morgan fingerprint density at radius 2 is 1.95 bits per heavy atom. The Balaban J connectivity index is 1.40. The summed E-state index contributed by atoms with van der Waals surface area (Å²) < 4.78 is 42.8. The summed E-state index contributed by atoms with van der Waals surface area (Å²) in [5.74, 6) is -4.62. The van der Waals surface area contributed by atoms with Crippen molar-refractivity contribution in [2.45, 2.75) is 31.7 Å². The molecule has 1 aliphatic rings. The van der Waals surface area contributed by atoms with Gasteiger partial charge in [-0.25, -0.2) is 18.2 Å². The van der Waals surface area contributed by atoms with Crippen LogP contribution >= 0.6 is 11.3 Å². The number of benzene rings is 2. The molecule has 1 saturated heterocycles. The van der Waals surface area contributed by atoms with E-state index in [0.717, 1.165) is 10.3 Å². The number of likely N-dealkylation sites (tertiary alicyclic amines) is 1. The number of nitrogens with zero attached hydrogens (tertiary/aromatic N) is 3. The average molecular weight is 525 g/mol. The maximum absolute atomic E-state index is 14.5. The molecule has 1 aliphatic heterocycles. The molecule has 2 aromatic heterocycles. The summed E-state index contributed by atoms with van der Waals surface area (Å²) >= 11 is 1.20. The summed E-state index contributed by atoms with van der Waals surface area (Å²) in [5, 5.41) is 4.15. The SMILES string of the molecule is Cc1nc(C(=O)N2CC(F)(F)CCC2CNC(=O)c2cccc3cccnc23)c(-c2cccc(F)c2)s1. The summed E-state index contributed by atoms with van der Waals surface area (Å²) in [5.41, 5.74) is 1.34. The lowest BCUT2D eigenvalue weighted by Gasteiger charge is -2.39. The van der Waals surface area contributed by atoms with Gasteiger partial charge in [0.2, 0.25) is 0 Å². The predicted molar refractivity (Wildman–Crippen MR) is 135 cm³/mol. The second-order valence-electron chi connectivity index (χ2n) is 8.99. The zero-order valence-corrected chi connectivity index (χ0v) is 20.7. The number of alkyl halides is 2. The van der Waals surface area contributed by atoms with Crippen molar-refractivity contribution in [2.24, 2.45) is 0 Å². The van der Waals surface area contributed by atoms with E-state index in [0.29, 0.717) is 26.5 Å². The lowest BCUT2D eigenvalue weighted by Crippen LogP contribution is -2.55. The van der Waals surface area contributed by atoms with Gasteiger partial charge >= 0.3 is 0 Å². The second kappa shape index (κ2) is 9.93. The maximum Gasteiger partial charge on any atom is 0.274 e. The van der Waals surface area contributed by atoms with E-state index in [1.807, 2.05) is 12.1 Å². The number of carbonyl (C=O) groups is 2. The first-order valence-electron chi connectivity index (χ1n) is 11.8. The summed E-state index contributed by atoms with van der Waals surface area (Å²) in [7, 11) is 0. The van der Waals surface area contributed by atoms with E-state index in [1.54, 1.807) is 37.4 Å². The van der Waals surface area contributed by atoms with Crippen molar-refractivity contribution in [2.75, 3.05) is 13.1 Å². The van der Waals surface area contributed by atoms with Crippen molar-refractivity contribution in [1.29, 1.82) is 0 Å². The molecule has 0 bridgehead atoms. The van der Waals surface area contributed by atoms with Crippen molar-refractivity contribution < 1.29 is 22.8 Å². The van der Waals surface area contributed by atoms with Gasteiger partial charge in [0.25, 0.3) is 17.7 Å². The van der Waals surface area contributed by atoms with Crippen molar-refractivity contribution in [3.05, 3.63) is 82.9 Å².